The molecule has 1 atom stereocenters. The summed E-state index contributed by atoms with van der Waals surface area (Å²) < 4.78 is 0. The molecule has 0 spiro atoms. The van der Waals surface area contributed by atoms with Crippen LogP contribution in [0.2, 0.25) is 0 Å². The third-order valence-electron chi connectivity index (χ3n) is 3.89. The van der Waals surface area contributed by atoms with Crippen molar-refractivity contribution in [2.45, 2.75) is 39.8 Å². The van der Waals surface area contributed by atoms with Gasteiger partial charge in [0.15, 0.2) is 0 Å². The molecule has 2 aromatic rings. The Morgan fingerprint density at radius 3 is 2.55 bits per heavy atom. The van der Waals surface area contributed by atoms with Crippen molar-refractivity contribution in [2.75, 3.05) is 6.54 Å². The van der Waals surface area contributed by atoms with Gasteiger partial charge in [-0.2, -0.15) is 0 Å². The van der Waals surface area contributed by atoms with E-state index in [4.69, 9.17) is 0 Å². The first kappa shape index (κ1) is 16.5. The second kappa shape index (κ2) is 7.95. The van der Waals surface area contributed by atoms with Crippen LogP contribution < -0.4 is 10.6 Å². The lowest BCUT2D eigenvalue weighted by atomic mass is 10.0. The third kappa shape index (κ3) is 4.08. The van der Waals surface area contributed by atoms with Gasteiger partial charge in [0.2, 0.25) is 5.91 Å². The summed E-state index contributed by atoms with van der Waals surface area (Å²) >= 11 is 0. The maximum absolute atomic E-state index is 12.3. The zero-order valence-corrected chi connectivity index (χ0v) is 13.7. The topological polar surface area (TPSA) is 41.1 Å². The molecular formula is C19H26N2O. The zero-order chi connectivity index (χ0) is 15.9. The maximum Gasteiger partial charge on any atom is 0.237 e. The molecule has 22 heavy (non-hydrogen) atoms. The van der Waals surface area contributed by atoms with E-state index in [1.54, 1.807) is 0 Å². The molecule has 0 radical (unpaired) electrons. The lowest BCUT2D eigenvalue weighted by Crippen LogP contribution is -2.47. The molecule has 0 heterocycles. The van der Waals surface area contributed by atoms with E-state index in [0.717, 1.165) is 13.0 Å². The molecule has 1 amide bonds. The van der Waals surface area contributed by atoms with Gasteiger partial charge in [-0.15, -0.1) is 0 Å². The summed E-state index contributed by atoms with van der Waals surface area (Å²) in [5, 5.41) is 8.89. The first-order chi connectivity index (χ1) is 10.6. The SMILES string of the molecule is CCCNC(=O)[C@@H](NCc1cccc2ccccc12)C(C)C. The van der Waals surface area contributed by atoms with Crippen LogP contribution in [0.4, 0.5) is 0 Å². The maximum atomic E-state index is 12.3. The number of nitrogens with one attached hydrogen (secondary N) is 2. The van der Waals surface area contributed by atoms with Crippen molar-refractivity contribution in [3.05, 3.63) is 48.0 Å². The largest absolute Gasteiger partial charge is 0.355 e. The van der Waals surface area contributed by atoms with Crippen molar-refractivity contribution < 1.29 is 4.79 Å². The molecule has 118 valence electrons. The van der Waals surface area contributed by atoms with Crippen molar-refractivity contribution in [3.8, 4) is 0 Å². The molecular weight excluding hydrogens is 272 g/mol. The van der Waals surface area contributed by atoms with Gasteiger partial charge in [0.05, 0.1) is 6.04 Å². The van der Waals surface area contributed by atoms with Crippen molar-refractivity contribution >= 4 is 16.7 Å². The molecule has 0 fully saturated rings. The Kier molecular flexibility index (Phi) is 5.96. The number of carbonyl (C=O) groups is 1. The van der Waals surface area contributed by atoms with Gasteiger partial charge in [-0.3, -0.25) is 4.79 Å². The molecule has 0 saturated carbocycles. The predicted molar refractivity (Wildman–Crippen MR) is 92.7 cm³/mol. The fourth-order valence-corrected chi connectivity index (χ4v) is 2.66. The summed E-state index contributed by atoms with van der Waals surface area (Å²) in [5.74, 6) is 0.351. The molecule has 0 saturated heterocycles. The van der Waals surface area contributed by atoms with Gasteiger partial charge in [0.25, 0.3) is 0 Å². The summed E-state index contributed by atoms with van der Waals surface area (Å²) in [7, 11) is 0. The summed E-state index contributed by atoms with van der Waals surface area (Å²) in [4.78, 5) is 12.3. The summed E-state index contributed by atoms with van der Waals surface area (Å²) in [6.07, 6.45) is 0.958. The Morgan fingerprint density at radius 1 is 1.09 bits per heavy atom. The van der Waals surface area contributed by atoms with E-state index in [1.165, 1.54) is 16.3 Å². The zero-order valence-electron chi connectivity index (χ0n) is 13.7. The Morgan fingerprint density at radius 2 is 1.82 bits per heavy atom. The fourth-order valence-electron chi connectivity index (χ4n) is 2.66. The van der Waals surface area contributed by atoms with Crippen molar-refractivity contribution in [3.63, 3.8) is 0 Å². The summed E-state index contributed by atoms with van der Waals surface area (Å²) in [6.45, 7) is 7.65. The normalized spacial score (nSPS) is 12.5. The molecule has 2 rings (SSSR count). The van der Waals surface area contributed by atoms with E-state index < -0.39 is 0 Å². The number of carbonyl (C=O) groups excluding carboxylic acids is 1. The van der Waals surface area contributed by atoms with Crippen molar-refractivity contribution in [1.82, 2.24) is 10.6 Å². The number of hydrogen-bond donors (Lipinski definition) is 2. The van der Waals surface area contributed by atoms with Crippen molar-refractivity contribution in [1.29, 1.82) is 0 Å². The molecule has 0 aromatic heterocycles. The highest BCUT2D eigenvalue weighted by Crippen LogP contribution is 2.18. The van der Waals surface area contributed by atoms with E-state index in [2.05, 4.69) is 73.9 Å². The highest BCUT2D eigenvalue weighted by Gasteiger charge is 2.21. The quantitative estimate of drug-likeness (QED) is 0.821. The average molecular weight is 298 g/mol. The van der Waals surface area contributed by atoms with Crippen LogP contribution in [0.3, 0.4) is 0 Å². The average Bonchev–Trinajstić information content (AvgIpc) is 2.53. The predicted octanol–water partition coefficient (Wildman–Crippen LogP) is 3.48. The molecule has 0 bridgehead atoms. The smallest absolute Gasteiger partial charge is 0.237 e. The third-order valence-corrected chi connectivity index (χ3v) is 3.89. The Balaban J connectivity index is 2.09. The first-order valence-corrected chi connectivity index (χ1v) is 8.11. The van der Waals surface area contributed by atoms with Gasteiger partial charge in [0, 0.05) is 13.1 Å². The molecule has 2 aromatic carbocycles. The van der Waals surface area contributed by atoms with Gasteiger partial charge in [-0.1, -0.05) is 63.2 Å². The minimum absolute atomic E-state index is 0.0945. The second-order valence-corrected chi connectivity index (χ2v) is 6.03. The molecule has 2 N–H and O–H groups in total. The Labute approximate surface area is 133 Å². The minimum Gasteiger partial charge on any atom is -0.355 e. The van der Waals surface area contributed by atoms with E-state index >= 15 is 0 Å². The number of fused-ring (bicyclic) bond motifs is 1. The van der Waals surface area contributed by atoms with E-state index in [-0.39, 0.29) is 17.9 Å². The highest BCUT2D eigenvalue weighted by atomic mass is 16.2. The van der Waals surface area contributed by atoms with Crippen molar-refractivity contribution in [2.24, 2.45) is 5.92 Å². The monoisotopic (exact) mass is 298 g/mol. The van der Waals surface area contributed by atoms with Crippen LogP contribution in [0.15, 0.2) is 42.5 Å². The van der Waals surface area contributed by atoms with E-state index in [0.29, 0.717) is 6.54 Å². The minimum atomic E-state index is -0.162. The molecule has 3 nitrogen and oxygen atoms in total. The fraction of sp³-hybridized carbons (Fsp3) is 0.421. The Hall–Kier alpha value is -1.87. The number of amides is 1. The highest BCUT2D eigenvalue weighted by molar-refractivity contribution is 5.86. The van der Waals surface area contributed by atoms with Gasteiger partial charge < -0.3 is 10.6 Å². The van der Waals surface area contributed by atoms with Crippen LogP contribution in [0, 0.1) is 5.92 Å². The second-order valence-electron chi connectivity index (χ2n) is 6.03. The van der Waals surface area contributed by atoms with Gasteiger partial charge in [-0.05, 0) is 28.7 Å². The van der Waals surface area contributed by atoms with Crippen LogP contribution in [0.5, 0.6) is 0 Å². The van der Waals surface area contributed by atoms with Crippen LogP contribution in [0.1, 0.15) is 32.8 Å². The summed E-state index contributed by atoms with van der Waals surface area (Å²) in [6, 6.07) is 14.5. The van der Waals surface area contributed by atoms with Crippen LogP contribution in [-0.2, 0) is 11.3 Å². The van der Waals surface area contributed by atoms with Gasteiger partial charge >= 0.3 is 0 Å². The van der Waals surface area contributed by atoms with Crippen LogP contribution in [-0.4, -0.2) is 18.5 Å². The van der Waals surface area contributed by atoms with E-state index in [1.807, 2.05) is 0 Å². The molecule has 0 aliphatic rings. The number of benzene rings is 2. The van der Waals surface area contributed by atoms with Gasteiger partial charge in [0.1, 0.15) is 0 Å². The number of rotatable bonds is 7. The standard InChI is InChI=1S/C19H26N2O/c1-4-12-20-19(22)18(14(2)3)21-13-16-10-7-9-15-8-5-6-11-17(15)16/h5-11,14,18,21H,4,12-13H2,1-3H3,(H,20,22)/t18-/m0/s1. The molecule has 0 unspecified atom stereocenters. The lowest BCUT2D eigenvalue weighted by Gasteiger charge is -2.22. The lowest BCUT2D eigenvalue weighted by molar-refractivity contribution is -0.124. The molecule has 0 aliphatic carbocycles. The summed E-state index contributed by atoms with van der Waals surface area (Å²) in [5.41, 5.74) is 1.23. The van der Waals surface area contributed by atoms with Crippen LogP contribution in [0.25, 0.3) is 10.8 Å². The number of hydrogen-bond acceptors (Lipinski definition) is 2. The van der Waals surface area contributed by atoms with E-state index in [9.17, 15) is 4.79 Å². The molecule has 3 heteroatoms. The Bertz CT molecular complexity index is 616. The first-order valence-electron chi connectivity index (χ1n) is 8.11. The van der Waals surface area contributed by atoms with Gasteiger partial charge in [-0.25, -0.2) is 0 Å². The molecule has 0 aliphatic heterocycles. The van der Waals surface area contributed by atoms with Crippen LogP contribution >= 0.6 is 0 Å².